The van der Waals surface area contributed by atoms with E-state index in [0.29, 0.717) is 19.0 Å². The molecule has 0 saturated carbocycles. The van der Waals surface area contributed by atoms with Gasteiger partial charge in [0.15, 0.2) is 0 Å². The van der Waals surface area contributed by atoms with Gasteiger partial charge in [-0.2, -0.15) is 5.10 Å². The van der Waals surface area contributed by atoms with E-state index in [0.717, 1.165) is 56.4 Å². The summed E-state index contributed by atoms with van der Waals surface area (Å²) in [6.07, 6.45) is 4.07. The maximum Gasteiger partial charge on any atom is 0.345 e. The summed E-state index contributed by atoms with van der Waals surface area (Å²) >= 11 is 0. The topological polar surface area (TPSA) is 75.0 Å². The van der Waals surface area contributed by atoms with E-state index in [4.69, 9.17) is 5.10 Å². The van der Waals surface area contributed by atoms with Gasteiger partial charge >= 0.3 is 5.69 Å². The smallest absolute Gasteiger partial charge is 0.345 e. The van der Waals surface area contributed by atoms with Crippen molar-refractivity contribution >= 4 is 0 Å². The van der Waals surface area contributed by atoms with Gasteiger partial charge in [0.1, 0.15) is 11.6 Å². The molecule has 1 atom stereocenters. The van der Waals surface area contributed by atoms with E-state index in [2.05, 4.69) is 19.8 Å². The van der Waals surface area contributed by atoms with E-state index in [1.807, 2.05) is 38.7 Å². The Morgan fingerprint density at radius 2 is 2.19 bits per heavy atom. The molecule has 3 heterocycles. The van der Waals surface area contributed by atoms with Crippen LogP contribution in [0.5, 0.6) is 0 Å². The first-order valence-corrected chi connectivity index (χ1v) is 9.53. The number of likely N-dealkylation sites (N-methyl/N-ethyl adjacent to an activating group) is 1. The van der Waals surface area contributed by atoms with Crippen molar-refractivity contribution in [2.45, 2.75) is 52.2 Å². The quantitative estimate of drug-likeness (QED) is 0.797. The molecule has 0 spiro atoms. The fourth-order valence-electron chi connectivity index (χ4n) is 3.67. The summed E-state index contributed by atoms with van der Waals surface area (Å²) in [5.74, 6) is 2.25. The third-order valence-corrected chi connectivity index (χ3v) is 5.03. The number of aromatic nitrogens is 5. The Morgan fingerprint density at radius 1 is 1.38 bits per heavy atom. The van der Waals surface area contributed by atoms with Crippen LogP contribution >= 0.6 is 0 Å². The van der Waals surface area contributed by atoms with Gasteiger partial charge in [0, 0.05) is 37.4 Å². The minimum atomic E-state index is 0.0168. The van der Waals surface area contributed by atoms with E-state index in [1.54, 1.807) is 4.68 Å². The molecule has 3 rings (SSSR count). The van der Waals surface area contributed by atoms with Crippen LogP contribution in [0.25, 0.3) is 0 Å². The molecule has 1 N–H and O–H groups in total. The van der Waals surface area contributed by atoms with Gasteiger partial charge in [-0.15, -0.1) is 0 Å². The van der Waals surface area contributed by atoms with Gasteiger partial charge < -0.3 is 9.88 Å². The number of piperidine rings is 1. The molecule has 26 heavy (non-hydrogen) atoms. The first-order valence-electron chi connectivity index (χ1n) is 9.53. The van der Waals surface area contributed by atoms with Crippen LogP contribution in [-0.2, 0) is 19.6 Å². The molecule has 1 aliphatic rings. The molecule has 2 aromatic heterocycles. The number of likely N-dealkylation sites (tertiary alicyclic amines) is 1. The highest BCUT2D eigenvalue weighted by Crippen LogP contribution is 2.25. The SMILES string of the molecule is CCn1c([C@@H]2CCCN(Cc3ncc(C)[nH]3)C2)nn(CCN(C)C)c1=O. The Labute approximate surface area is 154 Å². The van der Waals surface area contributed by atoms with Crippen LogP contribution in [0.1, 0.15) is 43.0 Å². The highest BCUT2D eigenvalue weighted by atomic mass is 16.2. The van der Waals surface area contributed by atoms with E-state index >= 15 is 0 Å². The molecule has 0 aliphatic carbocycles. The van der Waals surface area contributed by atoms with Crippen molar-refractivity contribution < 1.29 is 0 Å². The lowest BCUT2D eigenvalue weighted by Crippen LogP contribution is -2.35. The first kappa shape index (κ1) is 18.8. The second-order valence-electron chi connectivity index (χ2n) is 7.50. The summed E-state index contributed by atoms with van der Waals surface area (Å²) < 4.78 is 3.48. The predicted octanol–water partition coefficient (Wildman–Crippen LogP) is 1.04. The Balaban J connectivity index is 1.74. The van der Waals surface area contributed by atoms with Crippen LogP contribution in [0.2, 0.25) is 0 Å². The lowest BCUT2D eigenvalue weighted by Gasteiger charge is -2.31. The van der Waals surface area contributed by atoms with Crippen LogP contribution < -0.4 is 5.69 Å². The van der Waals surface area contributed by atoms with Gasteiger partial charge in [-0.3, -0.25) is 9.47 Å². The number of nitrogens with zero attached hydrogens (tertiary/aromatic N) is 6. The number of hydrogen-bond acceptors (Lipinski definition) is 5. The number of aryl methyl sites for hydroxylation is 1. The zero-order chi connectivity index (χ0) is 18.7. The number of imidazole rings is 1. The summed E-state index contributed by atoms with van der Waals surface area (Å²) in [6.45, 7) is 8.97. The largest absolute Gasteiger partial charge is 0.345 e. The van der Waals surface area contributed by atoms with Gasteiger partial charge in [0.25, 0.3) is 0 Å². The fourth-order valence-corrected chi connectivity index (χ4v) is 3.67. The van der Waals surface area contributed by atoms with Crippen LogP contribution in [-0.4, -0.2) is 67.8 Å². The zero-order valence-corrected chi connectivity index (χ0v) is 16.4. The number of rotatable bonds is 7. The predicted molar refractivity (Wildman–Crippen MR) is 101 cm³/mol. The second-order valence-corrected chi connectivity index (χ2v) is 7.50. The number of nitrogens with one attached hydrogen (secondary N) is 1. The van der Waals surface area contributed by atoms with Gasteiger partial charge in [-0.1, -0.05) is 0 Å². The third-order valence-electron chi connectivity index (χ3n) is 5.03. The highest BCUT2D eigenvalue weighted by Gasteiger charge is 2.27. The Kier molecular flexibility index (Phi) is 5.93. The number of H-pyrrole nitrogens is 1. The van der Waals surface area contributed by atoms with E-state index < -0.39 is 0 Å². The molecule has 0 radical (unpaired) electrons. The van der Waals surface area contributed by atoms with Gasteiger partial charge in [0.2, 0.25) is 0 Å². The van der Waals surface area contributed by atoms with Gasteiger partial charge in [-0.25, -0.2) is 14.5 Å². The summed E-state index contributed by atoms with van der Waals surface area (Å²) in [6, 6.07) is 0. The summed E-state index contributed by atoms with van der Waals surface area (Å²) in [5.41, 5.74) is 1.11. The van der Waals surface area contributed by atoms with Crippen molar-refractivity contribution in [3.8, 4) is 0 Å². The third kappa shape index (κ3) is 4.24. The molecule has 1 saturated heterocycles. The number of aromatic amines is 1. The minimum absolute atomic E-state index is 0.0168. The highest BCUT2D eigenvalue weighted by molar-refractivity contribution is 5.03. The molecule has 8 heteroatoms. The van der Waals surface area contributed by atoms with E-state index in [9.17, 15) is 4.79 Å². The normalized spacial score (nSPS) is 18.7. The maximum absolute atomic E-state index is 12.7. The van der Waals surface area contributed by atoms with Crippen molar-refractivity contribution in [2.75, 3.05) is 33.7 Å². The molecular formula is C18H31N7O. The van der Waals surface area contributed by atoms with Crippen molar-refractivity contribution in [3.05, 3.63) is 34.0 Å². The molecular weight excluding hydrogens is 330 g/mol. The van der Waals surface area contributed by atoms with Crippen LogP contribution in [0.4, 0.5) is 0 Å². The molecule has 1 fully saturated rings. The van der Waals surface area contributed by atoms with Crippen molar-refractivity contribution in [3.63, 3.8) is 0 Å². The molecule has 8 nitrogen and oxygen atoms in total. The number of hydrogen-bond donors (Lipinski definition) is 1. The van der Waals surface area contributed by atoms with Crippen molar-refractivity contribution in [1.29, 1.82) is 0 Å². The fraction of sp³-hybridized carbons (Fsp3) is 0.722. The molecule has 0 aromatic carbocycles. The van der Waals surface area contributed by atoms with E-state index in [1.165, 1.54) is 0 Å². The Bertz CT molecular complexity index is 773. The molecule has 144 valence electrons. The summed E-state index contributed by atoms with van der Waals surface area (Å²) in [5, 5.41) is 4.71. The second kappa shape index (κ2) is 8.18. The van der Waals surface area contributed by atoms with Crippen LogP contribution in [0.3, 0.4) is 0 Å². The van der Waals surface area contributed by atoms with Crippen LogP contribution in [0, 0.1) is 6.92 Å². The van der Waals surface area contributed by atoms with E-state index in [-0.39, 0.29) is 5.69 Å². The zero-order valence-electron chi connectivity index (χ0n) is 16.4. The van der Waals surface area contributed by atoms with Gasteiger partial charge in [-0.05, 0) is 47.3 Å². The molecule has 0 unspecified atom stereocenters. The Hall–Kier alpha value is -1.93. The molecule has 0 amide bonds. The lowest BCUT2D eigenvalue weighted by molar-refractivity contribution is 0.190. The molecule has 2 aromatic rings. The Morgan fingerprint density at radius 3 is 2.85 bits per heavy atom. The van der Waals surface area contributed by atoms with Crippen LogP contribution in [0.15, 0.2) is 11.0 Å². The lowest BCUT2D eigenvalue weighted by atomic mass is 9.97. The monoisotopic (exact) mass is 361 g/mol. The molecule has 1 aliphatic heterocycles. The average Bonchev–Trinajstić information content (AvgIpc) is 3.16. The van der Waals surface area contributed by atoms with Crippen molar-refractivity contribution in [2.24, 2.45) is 0 Å². The average molecular weight is 361 g/mol. The maximum atomic E-state index is 12.7. The minimum Gasteiger partial charge on any atom is -0.345 e. The first-order chi connectivity index (χ1) is 12.5. The summed E-state index contributed by atoms with van der Waals surface area (Å²) in [7, 11) is 4.02. The van der Waals surface area contributed by atoms with Crippen molar-refractivity contribution in [1.82, 2.24) is 34.1 Å². The molecule has 0 bridgehead atoms. The standard InChI is InChI=1S/C18H31N7O/c1-5-24-17(21-25(18(24)26)10-9-22(3)4)15-7-6-8-23(12-15)13-16-19-11-14(2)20-16/h11,15H,5-10,12-13H2,1-4H3,(H,19,20)/t15-/m1/s1. The summed E-state index contributed by atoms with van der Waals surface area (Å²) in [4.78, 5) is 24.9. The van der Waals surface area contributed by atoms with Gasteiger partial charge in [0.05, 0.1) is 13.1 Å².